The summed E-state index contributed by atoms with van der Waals surface area (Å²) >= 11 is 1.89. The van der Waals surface area contributed by atoms with Crippen molar-refractivity contribution < 1.29 is 0 Å². The molecule has 90 valence electrons. The molecule has 0 aliphatic rings. The average molecular weight is 247 g/mol. The van der Waals surface area contributed by atoms with Crippen LogP contribution in [0.4, 0.5) is 0 Å². The van der Waals surface area contributed by atoms with Crippen molar-refractivity contribution in [1.29, 1.82) is 0 Å². The highest BCUT2D eigenvalue weighted by molar-refractivity contribution is 7.99. The molecule has 4 heteroatoms. The summed E-state index contributed by atoms with van der Waals surface area (Å²) in [5.41, 5.74) is 8.01. The van der Waals surface area contributed by atoms with Gasteiger partial charge in [0.05, 0.1) is 5.69 Å². The molecule has 1 aromatic carbocycles. The number of aromatic nitrogens is 2. The predicted molar refractivity (Wildman–Crippen MR) is 73.4 cm³/mol. The highest BCUT2D eigenvalue weighted by Gasteiger charge is 2.01. The van der Waals surface area contributed by atoms with Crippen molar-refractivity contribution in [2.45, 2.75) is 17.9 Å². The second-order valence-electron chi connectivity index (χ2n) is 3.97. The molecule has 2 rings (SSSR count). The van der Waals surface area contributed by atoms with Gasteiger partial charge in [0, 0.05) is 29.9 Å². The Kier molecular flexibility index (Phi) is 4.23. The summed E-state index contributed by atoms with van der Waals surface area (Å²) < 4.78 is 1.86. The first-order valence-electron chi connectivity index (χ1n) is 5.70. The number of thioether (sulfide) groups is 1. The van der Waals surface area contributed by atoms with Crippen LogP contribution in [0.5, 0.6) is 0 Å². The fourth-order valence-corrected chi connectivity index (χ4v) is 2.28. The summed E-state index contributed by atoms with van der Waals surface area (Å²) in [5.74, 6) is 1.01. The molecule has 3 nitrogen and oxygen atoms in total. The van der Waals surface area contributed by atoms with Crippen LogP contribution in [-0.2, 0) is 5.75 Å². The number of benzene rings is 1. The Hall–Kier alpha value is -1.26. The molecule has 0 fully saturated rings. The van der Waals surface area contributed by atoms with E-state index in [2.05, 4.69) is 36.3 Å². The molecule has 1 heterocycles. The second-order valence-corrected chi connectivity index (χ2v) is 5.40. The van der Waals surface area contributed by atoms with E-state index in [9.17, 15) is 0 Å². The Bertz CT molecular complexity index is 436. The van der Waals surface area contributed by atoms with Crippen molar-refractivity contribution in [1.82, 2.24) is 9.78 Å². The Morgan fingerprint density at radius 3 is 2.71 bits per heavy atom. The normalized spacial score (nSPS) is 12.6. The largest absolute Gasteiger partial charge is 0.329 e. The number of hydrogen-bond acceptors (Lipinski definition) is 3. The fourth-order valence-electron chi connectivity index (χ4n) is 1.47. The van der Waals surface area contributed by atoms with Gasteiger partial charge in [-0.05, 0) is 23.8 Å². The maximum absolute atomic E-state index is 5.59. The summed E-state index contributed by atoms with van der Waals surface area (Å²) in [4.78, 5) is 0. The Morgan fingerprint density at radius 2 is 2.12 bits per heavy atom. The summed E-state index contributed by atoms with van der Waals surface area (Å²) in [6.45, 7) is 2.89. The highest BCUT2D eigenvalue weighted by atomic mass is 32.2. The Balaban J connectivity index is 1.99. The molecule has 1 unspecified atom stereocenters. The minimum Gasteiger partial charge on any atom is -0.329 e. The van der Waals surface area contributed by atoms with Gasteiger partial charge in [-0.15, -0.1) is 0 Å². The van der Waals surface area contributed by atoms with Crippen LogP contribution in [0, 0.1) is 0 Å². The molecule has 0 bridgehead atoms. The van der Waals surface area contributed by atoms with Crippen LogP contribution in [0.15, 0.2) is 42.7 Å². The van der Waals surface area contributed by atoms with Gasteiger partial charge in [-0.3, -0.25) is 0 Å². The van der Waals surface area contributed by atoms with Gasteiger partial charge in [-0.25, -0.2) is 4.68 Å². The van der Waals surface area contributed by atoms with Crippen molar-refractivity contribution in [3.8, 4) is 5.69 Å². The smallest absolute Gasteiger partial charge is 0.0645 e. The van der Waals surface area contributed by atoms with Crippen LogP contribution in [-0.4, -0.2) is 21.6 Å². The Labute approximate surface area is 106 Å². The minimum atomic E-state index is 0.515. The van der Waals surface area contributed by atoms with Crippen molar-refractivity contribution in [3.63, 3.8) is 0 Å². The third kappa shape index (κ3) is 3.35. The van der Waals surface area contributed by atoms with E-state index in [0.29, 0.717) is 5.25 Å². The molecule has 0 radical (unpaired) electrons. The predicted octanol–water partition coefficient (Wildman–Crippen LogP) is 2.45. The van der Waals surface area contributed by atoms with E-state index in [1.807, 2.05) is 28.7 Å². The lowest BCUT2D eigenvalue weighted by atomic mass is 10.2. The first kappa shape index (κ1) is 12.2. The van der Waals surface area contributed by atoms with Crippen LogP contribution in [0.1, 0.15) is 12.5 Å². The number of hydrogen-bond donors (Lipinski definition) is 1. The topological polar surface area (TPSA) is 43.8 Å². The Morgan fingerprint density at radius 1 is 1.35 bits per heavy atom. The zero-order valence-electron chi connectivity index (χ0n) is 9.91. The van der Waals surface area contributed by atoms with Gasteiger partial charge in [0.2, 0.25) is 0 Å². The van der Waals surface area contributed by atoms with Crippen LogP contribution in [0.3, 0.4) is 0 Å². The molecular formula is C13H17N3S. The number of rotatable bonds is 5. The highest BCUT2D eigenvalue weighted by Crippen LogP contribution is 2.18. The molecule has 2 N–H and O–H groups in total. The van der Waals surface area contributed by atoms with E-state index in [1.165, 1.54) is 5.56 Å². The molecule has 0 spiro atoms. The van der Waals surface area contributed by atoms with E-state index in [-0.39, 0.29) is 0 Å². The van der Waals surface area contributed by atoms with Gasteiger partial charge in [-0.2, -0.15) is 16.9 Å². The van der Waals surface area contributed by atoms with E-state index < -0.39 is 0 Å². The van der Waals surface area contributed by atoms with E-state index in [1.54, 1.807) is 6.20 Å². The van der Waals surface area contributed by atoms with Crippen LogP contribution >= 0.6 is 11.8 Å². The van der Waals surface area contributed by atoms with Crippen molar-refractivity contribution in [2.75, 3.05) is 6.54 Å². The lowest BCUT2D eigenvalue weighted by molar-refractivity contribution is 0.880. The maximum atomic E-state index is 5.59. The minimum absolute atomic E-state index is 0.515. The quantitative estimate of drug-likeness (QED) is 0.882. The van der Waals surface area contributed by atoms with Crippen molar-refractivity contribution >= 4 is 11.8 Å². The first-order chi connectivity index (χ1) is 8.29. The zero-order valence-corrected chi connectivity index (χ0v) is 10.7. The summed E-state index contributed by atoms with van der Waals surface area (Å²) in [5, 5.41) is 4.71. The van der Waals surface area contributed by atoms with Crippen LogP contribution in [0.2, 0.25) is 0 Å². The van der Waals surface area contributed by atoms with Gasteiger partial charge in [0.1, 0.15) is 0 Å². The number of nitrogens with zero attached hydrogens (tertiary/aromatic N) is 2. The lowest BCUT2D eigenvalue weighted by Crippen LogP contribution is -2.12. The van der Waals surface area contributed by atoms with E-state index >= 15 is 0 Å². The molecule has 0 aliphatic heterocycles. The van der Waals surface area contributed by atoms with Gasteiger partial charge < -0.3 is 5.73 Å². The first-order valence-corrected chi connectivity index (χ1v) is 6.75. The molecule has 0 saturated heterocycles. The summed E-state index contributed by atoms with van der Waals surface area (Å²) in [7, 11) is 0. The third-order valence-corrected chi connectivity index (χ3v) is 3.83. The van der Waals surface area contributed by atoms with Crippen LogP contribution < -0.4 is 5.73 Å². The van der Waals surface area contributed by atoms with E-state index in [0.717, 1.165) is 18.0 Å². The standard InChI is InChI=1S/C13H17N3S/c1-11(9-14)17-10-12-3-5-13(6-4-12)16-8-2-7-15-16/h2-8,11H,9-10,14H2,1H3. The molecule has 0 amide bonds. The summed E-state index contributed by atoms with van der Waals surface area (Å²) in [6, 6.07) is 10.4. The van der Waals surface area contributed by atoms with Crippen molar-refractivity contribution in [3.05, 3.63) is 48.3 Å². The fraction of sp³-hybridized carbons (Fsp3) is 0.308. The SMILES string of the molecule is CC(CN)SCc1ccc(-n2cccn2)cc1. The third-order valence-electron chi connectivity index (χ3n) is 2.57. The molecule has 0 aliphatic carbocycles. The molecular weight excluding hydrogens is 230 g/mol. The molecule has 17 heavy (non-hydrogen) atoms. The van der Waals surface area contributed by atoms with E-state index in [4.69, 9.17) is 5.73 Å². The van der Waals surface area contributed by atoms with Gasteiger partial charge >= 0.3 is 0 Å². The lowest BCUT2D eigenvalue weighted by Gasteiger charge is -2.08. The average Bonchev–Trinajstić information content (AvgIpc) is 2.90. The molecule has 2 aromatic rings. The molecule has 1 atom stereocenters. The van der Waals surface area contributed by atoms with Gasteiger partial charge in [0.15, 0.2) is 0 Å². The number of nitrogens with two attached hydrogens (primary N) is 1. The molecule has 0 saturated carbocycles. The van der Waals surface area contributed by atoms with Gasteiger partial charge in [0.25, 0.3) is 0 Å². The second kappa shape index (κ2) is 5.89. The maximum Gasteiger partial charge on any atom is 0.0645 e. The zero-order chi connectivity index (χ0) is 12.1. The molecule has 1 aromatic heterocycles. The van der Waals surface area contributed by atoms with Gasteiger partial charge in [-0.1, -0.05) is 19.1 Å². The van der Waals surface area contributed by atoms with Crippen molar-refractivity contribution in [2.24, 2.45) is 5.73 Å². The monoisotopic (exact) mass is 247 g/mol. The van der Waals surface area contributed by atoms with Crippen LogP contribution in [0.25, 0.3) is 5.69 Å². The summed E-state index contributed by atoms with van der Waals surface area (Å²) in [6.07, 6.45) is 3.73.